The lowest BCUT2D eigenvalue weighted by atomic mass is 10.0. The summed E-state index contributed by atoms with van der Waals surface area (Å²) in [5.41, 5.74) is 3.55. The number of morpholine rings is 1. The van der Waals surface area contributed by atoms with Crippen molar-refractivity contribution in [3.63, 3.8) is 0 Å². The molecule has 1 amide bonds. The summed E-state index contributed by atoms with van der Waals surface area (Å²) in [5.74, 6) is 1.57. The van der Waals surface area contributed by atoms with Gasteiger partial charge in [0.1, 0.15) is 5.82 Å². The third-order valence-corrected chi connectivity index (χ3v) is 4.92. The first-order valence-electron chi connectivity index (χ1n) is 9.75. The number of hydrogen-bond donors (Lipinski definition) is 1. The normalized spacial score (nSPS) is 14.4. The van der Waals surface area contributed by atoms with Gasteiger partial charge in [0.2, 0.25) is 5.91 Å². The largest absolute Gasteiger partial charge is 0.378 e. The second-order valence-corrected chi connectivity index (χ2v) is 7.30. The van der Waals surface area contributed by atoms with Gasteiger partial charge in [0.15, 0.2) is 0 Å². The maximum absolute atomic E-state index is 12.1. The Balaban J connectivity index is 1.42. The van der Waals surface area contributed by atoms with Gasteiger partial charge in [-0.25, -0.2) is 4.98 Å². The number of ether oxygens (including phenoxy) is 1. The average Bonchev–Trinajstić information content (AvgIpc) is 2.72. The molecule has 0 atom stereocenters. The fraction of sp³-hybridized carbons (Fsp3) is 0.455. The van der Waals surface area contributed by atoms with Crippen LogP contribution in [-0.4, -0.2) is 37.2 Å². The number of benzene rings is 1. The molecule has 1 fully saturated rings. The zero-order valence-electron chi connectivity index (χ0n) is 16.3. The van der Waals surface area contributed by atoms with Gasteiger partial charge in [-0.05, 0) is 35.1 Å². The Hall–Kier alpha value is -2.40. The van der Waals surface area contributed by atoms with E-state index in [1.807, 2.05) is 18.3 Å². The van der Waals surface area contributed by atoms with Crippen molar-refractivity contribution in [2.24, 2.45) is 0 Å². The van der Waals surface area contributed by atoms with Gasteiger partial charge < -0.3 is 15.0 Å². The Kier molecular flexibility index (Phi) is 6.82. The molecule has 1 aromatic carbocycles. The highest BCUT2D eigenvalue weighted by Gasteiger charge is 2.12. The van der Waals surface area contributed by atoms with Gasteiger partial charge in [-0.15, -0.1) is 0 Å². The number of anilines is 1. The van der Waals surface area contributed by atoms with E-state index in [-0.39, 0.29) is 5.91 Å². The SMILES string of the molecule is CC(C)c1ccc(CCC(=O)NCc2ccc(N3CCOCC3)nc2)cc1. The highest BCUT2D eigenvalue weighted by Crippen LogP contribution is 2.16. The molecule has 0 saturated carbocycles. The fourth-order valence-corrected chi connectivity index (χ4v) is 3.12. The smallest absolute Gasteiger partial charge is 0.220 e. The molecule has 2 heterocycles. The maximum Gasteiger partial charge on any atom is 0.220 e. The highest BCUT2D eigenvalue weighted by atomic mass is 16.5. The molecule has 1 aromatic heterocycles. The molecular weight excluding hydrogens is 338 g/mol. The minimum atomic E-state index is 0.0696. The van der Waals surface area contributed by atoms with Gasteiger partial charge in [0.25, 0.3) is 0 Å². The average molecular weight is 367 g/mol. The molecule has 0 spiro atoms. The number of amides is 1. The fourth-order valence-electron chi connectivity index (χ4n) is 3.12. The van der Waals surface area contributed by atoms with Crippen LogP contribution in [0.2, 0.25) is 0 Å². The molecule has 1 saturated heterocycles. The lowest BCUT2D eigenvalue weighted by Crippen LogP contribution is -2.36. The maximum atomic E-state index is 12.1. The van der Waals surface area contributed by atoms with Crippen molar-refractivity contribution in [3.8, 4) is 0 Å². The summed E-state index contributed by atoms with van der Waals surface area (Å²) in [6.45, 7) is 8.14. The molecule has 0 bridgehead atoms. The minimum absolute atomic E-state index is 0.0696. The Morgan fingerprint density at radius 2 is 1.81 bits per heavy atom. The second-order valence-electron chi connectivity index (χ2n) is 7.30. The molecule has 0 aliphatic carbocycles. The van der Waals surface area contributed by atoms with Gasteiger partial charge in [-0.2, -0.15) is 0 Å². The molecule has 0 unspecified atom stereocenters. The molecule has 27 heavy (non-hydrogen) atoms. The highest BCUT2D eigenvalue weighted by molar-refractivity contribution is 5.76. The van der Waals surface area contributed by atoms with E-state index < -0.39 is 0 Å². The van der Waals surface area contributed by atoms with Gasteiger partial charge in [-0.3, -0.25) is 4.79 Å². The number of carbonyl (C=O) groups is 1. The van der Waals surface area contributed by atoms with Crippen molar-refractivity contribution in [2.45, 2.75) is 39.2 Å². The summed E-state index contributed by atoms with van der Waals surface area (Å²) in [7, 11) is 0. The van der Waals surface area contributed by atoms with Crippen molar-refractivity contribution < 1.29 is 9.53 Å². The van der Waals surface area contributed by atoms with Crippen LogP contribution in [0, 0.1) is 0 Å². The van der Waals surface area contributed by atoms with E-state index in [4.69, 9.17) is 4.74 Å². The van der Waals surface area contributed by atoms with Crippen LogP contribution in [-0.2, 0) is 22.5 Å². The standard InChI is InChI=1S/C22H29N3O2/c1-17(2)20-7-3-18(4-8-20)6-10-22(26)24-16-19-5-9-21(23-15-19)25-11-13-27-14-12-25/h3-5,7-9,15,17H,6,10-14,16H2,1-2H3,(H,24,26). The first kappa shape index (κ1) is 19.4. The Morgan fingerprint density at radius 1 is 1.11 bits per heavy atom. The zero-order chi connectivity index (χ0) is 19.1. The van der Waals surface area contributed by atoms with E-state index >= 15 is 0 Å². The van der Waals surface area contributed by atoms with Gasteiger partial charge in [-0.1, -0.05) is 44.2 Å². The van der Waals surface area contributed by atoms with E-state index in [1.54, 1.807) is 0 Å². The van der Waals surface area contributed by atoms with E-state index in [0.29, 0.717) is 18.9 Å². The van der Waals surface area contributed by atoms with Crippen molar-refractivity contribution >= 4 is 11.7 Å². The summed E-state index contributed by atoms with van der Waals surface area (Å²) < 4.78 is 5.36. The van der Waals surface area contributed by atoms with Crippen LogP contribution in [0.1, 0.15) is 42.9 Å². The molecule has 1 N–H and O–H groups in total. The number of nitrogens with zero attached hydrogens (tertiary/aromatic N) is 2. The van der Waals surface area contributed by atoms with Crippen molar-refractivity contribution in [1.29, 1.82) is 0 Å². The number of rotatable bonds is 7. The molecule has 0 radical (unpaired) electrons. The van der Waals surface area contributed by atoms with Gasteiger partial charge >= 0.3 is 0 Å². The molecule has 5 heteroatoms. The van der Waals surface area contributed by atoms with Crippen molar-refractivity contribution in [3.05, 3.63) is 59.3 Å². The summed E-state index contributed by atoms with van der Waals surface area (Å²) in [6.07, 6.45) is 3.11. The van der Waals surface area contributed by atoms with Crippen molar-refractivity contribution in [1.82, 2.24) is 10.3 Å². The first-order valence-corrected chi connectivity index (χ1v) is 9.75. The third-order valence-electron chi connectivity index (χ3n) is 4.92. The summed E-state index contributed by atoms with van der Waals surface area (Å²) in [4.78, 5) is 18.9. The Bertz CT molecular complexity index is 720. The molecule has 1 aliphatic rings. The van der Waals surface area contributed by atoms with Crippen LogP contribution >= 0.6 is 0 Å². The van der Waals surface area contributed by atoms with Crippen LogP contribution in [0.3, 0.4) is 0 Å². The molecule has 2 aromatic rings. The lowest BCUT2D eigenvalue weighted by Gasteiger charge is -2.27. The molecule has 5 nitrogen and oxygen atoms in total. The number of hydrogen-bond acceptors (Lipinski definition) is 4. The lowest BCUT2D eigenvalue weighted by molar-refractivity contribution is -0.121. The van der Waals surface area contributed by atoms with Crippen LogP contribution in [0.5, 0.6) is 0 Å². The summed E-state index contributed by atoms with van der Waals surface area (Å²) in [5, 5.41) is 2.99. The number of aromatic nitrogens is 1. The van der Waals surface area contributed by atoms with Crippen LogP contribution in [0.4, 0.5) is 5.82 Å². The van der Waals surface area contributed by atoms with E-state index in [9.17, 15) is 4.79 Å². The van der Waals surface area contributed by atoms with Crippen molar-refractivity contribution in [2.75, 3.05) is 31.2 Å². The molecule has 1 aliphatic heterocycles. The zero-order valence-corrected chi connectivity index (χ0v) is 16.3. The predicted octanol–water partition coefficient (Wildman–Crippen LogP) is 3.29. The molecule has 144 valence electrons. The number of aryl methyl sites for hydroxylation is 1. The second kappa shape index (κ2) is 9.51. The van der Waals surface area contributed by atoms with Crippen LogP contribution < -0.4 is 10.2 Å². The quantitative estimate of drug-likeness (QED) is 0.816. The summed E-state index contributed by atoms with van der Waals surface area (Å²) in [6, 6.07) is 12.6. The van der Waals surface area contributed by atoms with E-state index in [0.717, 1.165) is 44.1 Å². The first-order chi connectivity index (χ1) is 13.1. The van der Waals surface area contributed by atoms with Crippen LogP contribution in [0.15, 0.2) is 42.6 Å². The topological polar surface area (TPSA) is 54.5 Å². The van der Waals surface area contributed by atoms with E-state index in [2.05, 4.69) is 53.3 Å². The monoisotopic (exact) mass is 367 g/mol. The Labute approximate surface area is 161 Å². The number of pyridine rings is 1. The number of carbonyl (C=O) groups excluding carboxylic acids is 1. The Morgan fingerprint density at radius 3 is 2.44 bits per heavy atom. The molecular formula is C22H29N3O2. The van der Waals surface area contributed by atoms with Crippen LogP contribution in [0.25, 0.3) is 0 Å². The minimum Gasteiger partial charge on any atom is -0.378 e. The van der Waals surface area contributed by atoms with Gasteiger partial charge in [0, 0.05) is 32.3 Å². The predicted molar refractivity (Wildman–Crippen MR) is 108 cm³/mol. The van der Waals surface area contributed by atoms with Gasteiger partial charge in [0.05, 0.1) is 13.2 Å². The molecule has 3 rings (SSSR count). The third kappa shape index (κ3) is 5.79. The van der Waals surface area contributed by atoms with E-state index in [1.165, 1.54) is 11.1 Å². The number of nitrogens with one attached hydrogen (secondary N) is 1. The summed E-state index contributed by atoms with van der Waals surface area (Å²) >= 11 is 0.